The molecule has 1 amide bonds. The summed E-state index contributed by atoms with van der Waals surface area (Å²) in [5, 5.41) is 3.18. The van der Waals surface area contributed by atoms with Crippen LogP contribution in [0.4, 0.5) is 0 Å². The third-order valence-corrected chi connectivity index (χ3v) is 4.45. The first-order valence-corrected chi connectivity index (χ1v) is 8.16. The van der Waals surface area contributed by atoms with Gasteiger partial charge in [0.1, 0.15) is 5.75 Å². The zero-order chi connectivity index (χ0) is 15.4. The largest absolute Gasteiger partial charge is 0.480 e. The van der Waals surface area contributed by atoms with E-state index in [4.69, 9.17) is 4.74 Å². The number of nitrogens with one attached hydrogen (secondary N) is 1. The summed E-state index contributed by atoms with van der Waals surface area (Å²) in [5.41, 5.74) is 1.16. The van der Waals surface area contributed by atoms with E-state index in [2.05, 4.69) is 21.2 Å². The van der Waals surface area contributed by atoms with E-state index in [-0.39, 0.29) is 5.91 Å². The van der Waals surface area contributed by atoms with Crippen LogP contribution in [0.5, 0.6) is 5.75 Å². The van der Waals surface area contributed by atoms with E-state index in [9.17, 15) is 4.79 Å². The zero-order valence-electron chi connectivity index (χ0n) is 12.9. The molecule has 4 nitrogen and oxygen atoms in total. The highest BCUT2D eigenvalue weighted by Crippen LogP contribution is 2.27. The van der Waals surface area contributed by atoms with Crippen molar-refractivity contribution >= 4 is 21.8 Å². The molecule has 5 heteroatoms. The van der Waals surface area contributed by atoms with Gasteiger partial charge in [-0.3, -0.25) is 4.79 Å². The van der Waals surface area contributed by atoms with Crippen LogP contribution in [0.25, 0.3) is 0 Å². The van der Waals surface area contributed by atoms with Gasteiger partial charge in [-0.1, -0.05) is 6.07 Å². The average molecular weight is 355 g/mol. The quantitative estimate of drug-likeness (QED) is 0.883. The van der Waals surface area contributed by atoms with Crippen molar-refractivity contribution in [3.8, 4) is 5.75 Å². The minimum Gasteiger partial charge on any atom is -0.480 e. The van der Waals surface area contributed by atoms with Gasteiger partial charge in [0.05, 0.1) is 4.47 Å². The van der Waals surface area contributed by atoms with Gasteiger partial charge in [0.25, 0.3) is 5.91 Å². The van der Waals surface area contributed by atoms with Crippen LogP contribution in [-0.4, -0.2) is 43.6 Å². The van der Waals surface area contributed by atoms with Gasteiger partial charge in [-0.25, -0.2) is 0 Å². The lowest BCUT2D eigenvalue weighted by atomic mass is 10.1. The van der Waals surface area contributed by atoms with Gasteiger partial charge in [-0.15, -0.1) is 0 Å². The van der Waals surface area contributed by atoms with Gasteiger partial charge in [-0.05, 0) is 73.4 Å². The Kier molecular flexibility index (Phi) is 5.65. The lowest BCUT2D eigenvalue weighted by Gasteiger charge is -2.22. The van der Waals surface area contributed by atoms with E-state index in [1.807, 2.05) is 44.0 Å². The van der Waals surface area contributed by atoms with E-state index in [1.54, 1.807) is 0 Å². The molecule has 1 saturated heterocycles. The number of aryl methyl sites for hydroxylation is 1. The maximum Gasteiger partial charge on any atom is 0.263 e. The second-order valence-electron chi connectivity index (χ2n) is 5.69. The second-order valence-corrected chi connectivity index (χ2v) is 6.54. The third kappa shape index (κ3) is 4.20. The second kappa shape index (κ2) is 7.27. The fourth-order valence-corrected chi connectivity index (χ4v) is 3.27. The fourth-order valence-electron chi connectivity index (χ4n) is 2.69. The number of likely N-dealkylation sites (tertiary alicyclic amines) is 1. The zero-order valence-corrected chi connectivity index (χ0v) is 14.4. The molecule has 0 unspecified atom stereocenters. The van der Waals surface area contributed by atoms with Crippen LogP contribution in [0.15, 0.2) is 22.7 Å². The molecule has 0 radical (unpaired) electrons. The third-order valence-electron chi connectivity index (χ3n) is 3.83. The molecule has 1 fully saturated rings. The SMILES string of the molecule is CNC[C@H]1CCN(C(=O)[C@@H](C)Oc2ccc(C)cc2Br)C1. The highest BCUT2D eigenvalue weighted by molar-refractivity contribution is 9.10. The van der Waals surface area contributed by atoms with Crippen LogP contribution < -0.4 is 10.1 Å². The topological polar surface area (TPSA) is 41.6 Å². The Morgan fingerprint density at radius 1 is 1.57 bits per heavy atom. The van der Waals surface area contributed by atoms with Crippen LogP contribution >= 0.6 is 15.9 Å². The molecule has 1 aliphatic heterocycles. The molecule has 1 heterocycles. The standard InChI is InChI=1S/C16H23BrN2O2/c1-11-4-5-15(14(17)8-11)21-12(2)16(20)19-7-6-13(10-19)9-18-3/h4-5,8,12-13,18H,6-7,9-10H2,1-3H3/t12-,13-/m1/s1. The van der Waals surface area contributed by atoms with Crippen molar-refractivity contribution in [2.75, 3.05) is 26.7 Å². The number of carbonyl (C=O) groups is 1. The van der Waals surface area contributed by atoms with Crippen LogP contribution in [0.2, 0.25) is 0 Å². The highest BCUT2D eigenvalue weighted by Gasteiger charge is 2.29. The summed E-state index contributed by atoms with van der Waals surface area (Å²) < 4.78 is 6.70. The summed E-state index contributed by atoms with van der Waals surface area (Å²) in [4.78, 5) is 14.4. The van der Waals surface area contributed by atoms with E-state index in [0.29, 0.717) is 11.7 Å². The Morgan fingerprint density at radius 3 is 3.00 bits per heavy atom. The van der Waals surface area contributed by atoms with Crippen molar-refractivity contribution in [1.82, 2.24) is 10.2 Å². The van der Waals surface area contributed by atoms with Crippen LogP contribution in [0.1, 0.15) is 18.9 Å². The number of benzene rings is 1. The number of ether oxygens (including phenoxy) is 1. The predicted molar refractivity (Wildman–Crippen MR) is 87.6 cm³/mol. The number of rotatable bonds is 5. The Morgan fingerprint density at radius 2 is 2.33 bits per heavy atom. The lowest BCUT2D eigenvalue weighted by Crippen LogP contribution is -2.39. The number of carbonyl (C=O) groups excluding carboxylic acids is 1. The molecule has 2 atom stereocenters. The van der Waals surface area contributed by atoms with Crippen molar-refractivity contribution < 1.29 is 9.53 Å². The lowest BCUT2D eigenvalue weighted by molar-refractivity contribution is -0.137. The van der Waals surface area contributed by atoms with E-state index in [0.717, 1.165) is 36.1 Å². The first kappa shape index (κ1) is 16.3. The maximum atomic E-state index is 12.4. The van der Waals surface area contributed by atoms with Crippen molar-refractivity contribution in [2.24, 2.45) is 5.92 Å². The number of nitrogens with zero attached hydrogens (tertiary/aromatic N) is 1. The number of hydrogen-bond acceptors (Lipinski definition) is 3. The predicted octanol–water partition coefficient (Wildman–Crippen LogP) is 2.59. The van der Waals surface area contributed by atoms with Crippen molar-refractivity contribution in [3.05, 3.63) is 28.2 Å². The molecular formula is C16H23BrN2O2. The normalized spacial score (nSPS) is 19.6. The molecule has 21 heavy (non-hydrogen) atoms. The molecule has 0 bridgehead atoms. The molecule has 0 saturated carbocycles. The van der Waals surface area contributed by atoms with Crippen LogP contribution in [0.3, 0.4) is 0 Å². The van der Waals surface area contributed by atoms with Crippen LogP contribution in [0, 0.1) is 12.8 Å². The molecule has 0 aromatic heterocycles. The molecule has 1 aliphatic rings. The smallest absolute Gasteiger partial charge is 0.263 e. The molecular weight excluding hydrogens is 332 g/mol. The Hall–Kier alpha value is -1.07. The minimum atomic E-state index is -0.461. The average Bonchev–Trinajstić information content (AvgIpc) is 2.90. The molecule has 0 aliphatic carbocycles. The summed E-state index contributed by atoms with van der Waals surface area (Å²) in [5.74, 6) is 1.34. The van der Waals surface area contributed by atoms with Crippen molar-refractivity contribution in [2.45, 2.75) is 26.4 Å². The van der Waals surface area contributed by atoms with Gasteiger partial charge < -0.3 is 15.0 Å². The summed E-state index contributed by atoms with van der Waals surface area (Å²) in [6.45, 7) is 6.45. The molecule has 116 valence electrons. The number of halogens is 1. The van der Waals surface area contributed by atoms with Gasteiger partial charge >= 0.3 is 0 Å². The van der Waals surface area contributed by atoms with Crippen LogP contribution in [-0.2, 0) is 4.79 Å². The molecule has 1 aromatic rings. The van der Waals surface area contributed by atoms with Gasteiger partial charge in [-0.2, -0.15) is 0 Å². The minimum absolute atomic E-state index is 0.0704. The van der Waals surface area contributed by atoms with Gasteiger partial charge in [0, 0.05) is 13.1 Å². The fraction of sp³-hybridized carbons (Fsp3) is 0.562. The van der Waals surface area contributed by atoms with Gasteiger partial charge in [0.15, 0.2) is 6.10 Å². The highest BCUT2D eigenvalue weighted by atomic mass is 79.9. The number of amides is 1. The van der Waals surface area contributed by atoms with Crippen molar-refractivity contribution in [3.63, 3.8) is 0 Å². The Bertz CT molecular complexity index is 507. The van der Waals surface area contributed by atoms with Gasteiger partial charge in [0.2, 0.25) is 0 Å². The Labute approximate surface area is 135 Å². The van der Waals surface area contributed by atoms with Crippen molar-refractivity contribution in [1.29, 1.82) is 0 Å². The van der Waals surface area contributed by atoms with E-state index >= 15 is 0 Å². The summed E-state index contributed by atoms with van der Waals surface area (Å²) in [6, 6.07) is 5.87. The number of hydrogen-bond donors (Lipinski definition) is 1. The molecule has 1 aromatic carbocycles. The van der Waals surface area contributed by atoms with E-state index < -0.39 is 6.10 Å². The van der Waals surface area contributed by atoms with E-state index in [1.165, 1.54) is 0 Å². The maximum absolute atomic E-state index is 12.4. The summed E-state index contributed by atoms with van der Waals surface area (Å²) >= 11 is 3.48. The molecule has 0 spiro atoms. The first-order chi connectivity index (χ1) is 10.0. The summed E-state index contributed by atoms with van der Waals surface area (Å²) in [7, 11) is 1.95. The summed E-state index contributed by atoms with van der Waals surface area (Å²) in [6.07, 6.45) is 0.602. The first-order valence-electron chi connectivity index (χ1n) is 7.37. The molecule has 1 N–H and O–H groups in total. The Balaban J connectivity index is 1.94. The monoisotopic (exact) mass is 354 g/mol. The molecule has 2 rings (SSSR count).